The number of aromatic nitrogens is 3. The summed E-state index contributed by atoms with van der Waals surface area (Å²) in [5.41, 5.74) is 2.33. The first-order chi connectivity index (χ1) is 14.5. The first-order valence-electron chi connectivity index (χ1n) is 9.59. The van der Waals surface area contributed by atoms with Crippen LogP contribution >= 0.6 is 15.9 Å². The molecular weight excluding hydrogens is 448 g/mol. The summed E-state index contributed by atoms with van der Waals surface area (Å²) in [7, 11) is 1.91. The summed E-state index contributed by atoms with van der Waals surface area (Å²) in [5, 5.41) is 12.2. The molecule has 0 bridgehead atoms. The molecule has 0 saturated heterocycles. The lowest BCUT2D eigenvalue weighted by Crippen LogP contribution is -2.39. The largest absolute Gasteiger partial charge is 0.494 e. The van der Waals surface area contributed by atoms with Gasteiger partial charge >= 0.3 is 5.69 Å². The van der Waals surface area contributed by atoms with Gasteiger partial charge in [-0.2, -0.15) is 0 Å². The van der Waals surface area contributed by atoms with Crippen LogP contribution in [0, 0.1) is 0 Å². The Hall–Kier alpha value is -3.10. The zero-order chi connectivity index (χ0) is 21.0. The molecule has 5 rings (SSSR count). The Bertz CT molecular complexity index is 1380. The van der Waals surface area contributed by atoms with Gasteiger partial charge in [-0.15, -0.1) is 0 Å². The fraction of sp³-hybridized carbons (Fsp3) is 0.182. The molecule has 3 N–H and O–H groups in total. The Morgan fingerprint density at radius 2 is 1.80 bits per heavy atom. The Labute approximate surface area is 179 Å². The summed E-state index contributed by atoms with van der Waals surface area (Å²) in [4.78, 5) is 33.3. The number of rotatable bonds is 2. The molecule has 1 aliphatic rings. The fourth-order valence-electron chi connectivity index (χ4n) is 4.34. The molecule has 3 heterocycles. The van der Waals surface area contributed by atoms with E-state index < -0.39 is 17.3 Å². The average molecular weight is 467 g/mol. The van der Waals surface area contributed by atoms with E-state index in [1.165, 1.54) is 0 Å². The molecule has 2 aromatic carbocycles. The second-order valence-corrected chi connectivity index (χ2v) is 8.42. The van der Waals surface area contributed by atoms with Gasteiger partial charge in [0.05, 0.1) is 11.7 Å². The number of para-hydroxylation sites is 1. The van der Waals surface area contributed by atoms with Crippen LogP contribution < -0.4 is 11.2 Å². The van der Waals surface area contributed by atoms with Crippen LogP contribution in [0.2, 0.25) is 0 Å². The molecule has 0 radical (unpaired) electrons. The van der Waals surface area contributed by atoms with Gasteiger partial charge in [0.1, 0.15) is 5.56 Å². The Morgan fingerprint density at radius 1 is 1.07 bits per heavy atom. The molecule has 0 amide bonds. The molecule has 0 aliphatic carbocycles. The van der Waals surface area contributed by atoms with Gasteiger partial charge < -0.3 is 10.1 Å². The third kappa shape index (κ3) is 2.83. The van der Waals surface area contributed by atoms with E-state index in [0.29, 0.717) is 5.69 Å². The smallest absolute Gasteiger partial charge is 0.335 e. The van der Waals surface area contributed by atoms with Crippen molar-refractivity contribution in [3.8, 4) is 11.6 Å². The lowest BCUT2D eigenvalue weighted by molar-refractivity contribution is 0.252. The van der Waals surface area contributed by atoms with Crippen molar-refractivity contribution < 1.29 is 5.11 Å². The number of aromatic hydroxyl groups is 1. The minimum absolute atomic E-state index is 0.146. The van der Waals surface area contributed by atoms with Crippen molar-refractivity contribution in [1.29, 1.82) is 0 Å². The molecule has 0 fully saturated rings. The average Bonchev–Trinajstić information content (AvgIpc) is 3.09. The molecule has 0 spiro atoms. The molecule has 8 heteroatoms. The minimum Gasteiger partial charge on any atom is -0.494 e. The highest BCUT2D eigenvalue weighted by molar-refractivity contribution is 9.10. The normalized spacial score (nSPS) is 16.7. The van der Waals surface area contributed by atoms with E-state index in [0.717, 1.165) is 44.2 Å². The lowest BCUT2D eigenvalue weighted by Gasteiger charge is -2.33. The first-order valence-corrected chi connectivity index (χ1v) is 10.4. The zero-order valence-corrected chi connectivity index (χ0v) is 17.7. The van der Waals surface area contributed by atoms with Crippen molar-refractivity contribution in [2.24, 2.45) is 0 Å². The predicted octanol–water partition coefficient (Wildman–Crippen LogP) is 3.05. The van der Waals surface area contributed by atoms with Crippen LogP contribution in [0.25, 0.3) is 16.6 Å². The van der Waals surface area contributed by atoms with E-state index in [1.54, 1.807) is 24.3 Å². The van der Waals surface area contributed by atoms with Crippen molar-refractivity contribution in [2.75, 3.05) is 13.6 Å². The number of hydrogen-bond donors (Lipinski definition) is 3. The zero-order valence-electron chi connectivity index (χ0n) is 16.1. The third-order valence-corrected chi connectivity index (χ3v) is 6.28. The number of benzene rings is 2. The summed E-state index contributed by atoms with van der Waals surface area (Å²) in [5.74, 6) is -0.352. The standard InChI is InChI=1S/C22H19BrN4O3/c1-26-11-10-15-14-4-2-3-5-16(14)24-18(15)19(26)17-20(28)25-22(30)27(21(17)29)13-8-6-12(23)7-9-13/h2-9,19,24,29H,10-11H2,1H3,(H,25,28,30)/t19-/m1/s1. The van der Waals surface area contributed by atoms with Gasteiger partial charge in [-0.1, -0.05) is 34.1 Å². The lowest BCUT2D eigenvalue weighted by atomic mass is 9.94. The van der Waals surface area contributed by atoms with Crippen LogP contribution in [-0.2, 0) is 6.42 Å². The molecule has 30 heavy (non-hydrogen) atoms. The monoisotopic (exact) mass is 466 g/mol. The number of fused-ring (bicyclic) bond motifs is 3. The number of halogens is 1. The number of likely N-dealkylation sites (N-methyl/N-ethyl adjacent to an activating group) is 1. The van der Waals surface area contributed by atoms with E-state index >= 15 is 0 Å². The summed E-state index contributed by atoms with van der Waals surface area (Å²) in [6, 6.07) is 14.4. The molecular formula is C22H19BrN4O3. The quantitative estimate of drug-likeness (QED) is 0.423. The van der Waals surface area contributed by atoms with Crippen LogP contribution in [0.1, 0.15) is 22.9 Å². The van der Waals surface area contributed by atoms with Crippen molar-refractivity contribution in [2.45, 2.75) is 12.5 Å². The molecule has 7 nitrogen and oxygen atoms in total. The number of H-pyrrole nitrogens is 2. The molecule has 152 valence electrons. The number of nitrogens with zero attached hydrogens (tertiary/aromatic N) is 2. The topological polar surface area (TPSA) is 94.1 Å². The SMILES string of the molecule is CN1CCc2c([nH]c3ccccc23)[C@H]1c1c(O)n(-c2ccc(Br)cc2)c(=O)[nH]c1=O. The Balaban J connectivity index is 1.77. The highest BCUT2D eigenvalue weighted by Crippen LogP contribution is 2.39. The molecule has 0 saturated carbocycles. The van der Waals surface area contributed by atoms with Gasteiger partial charge in [0.15, 0.2) is 0 Å². The number of aromatic amines is 2. The van der Waals surface area contributed by atoms with E-state index in [-0.39, 0.29) is 11.4 Å². The number of nitrogens with one attached hydrogen (secondary N) is 2. The van der Waals surface area contributed by atoms with E-state index in [4.69, 9.17) is 0 Å². The highest BCUT2D eigenvalue weighted by atomic mass is 79.9. The third-order valence-electron chi connectivity index (χ3n) is 5.75. The van der Waals surface area contributed by atoms with Gasteiger partial charge in [0.2, 0.25) is 5.88 Å². The maximum atomic E-state index is 12.9. The summed E-state index contributed by atoms with van der Waals surface area (Å²) in [6.07, 6.45) is 0.831. The Kier molecular flexibility index (Phi) is 4.41. The van der Waals surface area contributed by atoms with E-state index in [1.807, 2.05) is 30.1 Å². The fourth-order valence-corrected chi connectivity index (χ4v) is 4.61. The molecule has 0 unspecified atom stereocenters. The van der Waals surface area contributed by atoms with Gasteiger partial charge in [-0.3, -0.25) is 14.7 Å². The molecule has 1 atom stereocenters. The molecule has 2 aromatic heterocycles. The molecule has 4 aromatic rings. The second kappa shape index (κ2) is 7.00. The number of hydrogen-bond acceptors (Lipinski definition) is 4. The van der Waals surface area contributed by atoms with Gasteiger partial charge in [0, 0.05) is 27.6 Å². The highest BCUT2D eigenvalue weighted by Gasteiger charge is 2.34. The minimum atomic E-state index is -0.682. The van der Waals surface area contributed by atoms with Crippen LogP contribution in [-0.4, -0.2) is 38.1 Å². The van der Waals surface area contributed by atoms with Crippen molar-refractivity contribution >= 4 is 26.8 Å². The van der Waals surface area contributed by atoms with Crippen LogP contribution in [0.3, 0.4) is 0 Å². The van der Waals surface area contributed by atoms with E-state index in [9.17, 15) is 14.7 Å². The van der Waals surface area contributed by atoms with Gasteiger partial charge in [-0.25, -0.2) is 9.36 Å². The van der Waals surface area contributed by atoms with Crippen molar-refractivity contribution in [1.82, 2.24) is 19.4 Å². The van der Waals surface area contributed by atoms with Crippen LogP contribution in [0.5, 0.6) is 5.88 Å². The van der Waals surface area contributed by atoms with Crippen molar-refractivity contribution in [3.05, 3.63) is 90.7 Å². The Morgan fingerprint density at radius 3 is 2.57 bits per heavy atom. The first kappa shape index (κ1) is 18.9. The summed E-state index contributed by atoms with van der Waals surface area (Å²) in [6.45, 7) is 0.718. The predicted molar refractivity (Wildman–Crippen MR) is 119 cm³/mol. The molecule has 1 aliphatic heterocycles. The maximum Gasteiger partial charge on any atom is 0.335 e. The van der Waals surface area contributed by atoms with E-state index in [2.05, 4.69) is 32.0 Å². The van der Waals surface area contributed by atoms with Crippen LogP contribution in [0.4, 0.5) is 0 Å². The summed E-state index contributed by atoms with van der Waals surface area (Å²) >= 11 is 3.37. The summed E-state index contributed by atoms with van der Waals surface area (Å²) < 4.78 is 1.98. The van der Waals surface area contributed by atoms with Gasteiger partial charge in [0.25, 0.3) is 5.56 Å². The van der Waals surface area contributed by atoms with Crippen LogP contribution in [0.15, 0.2) is 62.6 Å². The maximum absolute atomic E-state index is 12.9. The second-order valence-electron chi connectivity index (χ2n) is 7.50. The van der Waals surface area contributed by atoms with Crippen molar-refractivity contribution in [3.63, 3.8) is 0 Å². The van der Waals surface area contributed by atoms with Gasteiger partial charge in [-0.05, 0) is 49.4 Å².